The molecule has 0 fully saturated rings. The summed E-state index contributed by atoms with van der Waals surface area (Å²) in [6, 6.07) is 0. The summed E-state index contributed by atoms with van der Waals surface area (Å²) in [6.07, 6.45) is -0.0301. The van der Waals surface area contributed by atoms with Gasteiger partial charge in [0, 0.05) is 7.11 Å². The van der Waals surface area contributed by atoms with Gasteiger partial charge in [-0.1, -0.05) is 0 Å². The molecule has 0 saturated carbocycles. The first-order valence-electron chi connectivity index (χ1n) is 4.31. The second kappa shape index (κ2) is 3.87. The van der Waals surface area contributed by atoms with E-state index in [9.17, 15) is 5.21 Å². The standard InChI is InChI=1S/C8H17N2O2/c1-4-9-5-6-10(11)8(9)7(2)12-3/h7,11H,4-6H2,1-3H3/q+1. The summed E-state index contributed by atoms with van der Waals surface area (Å²) in [7, 11) is 1.65. The number of hydrogen-bond donors (Lipinski definition) is 1. The van der Waals surface area contributed by atoms with Crippen molar-refractivity contribution in [3.05, 3.63) is 0 Å². The summed E-state index contributed by atoms with van der Waals surface area (Å²) in [4.78, 5) is 0. The molecule has 1 aliphatic heterocycles. The van der Waals surface area contributed by atoms with Crippen molar-refractivity contribution in [3.8, 4) is 0 Å². The van der Waals surface area contributed by atoms with E-state index in [0.717, 1.165) is 18.9 Å². The summed E-state index contributed by atoms with van der Waals surface area (Å²) in [6.45, 7) is 6.49. The van der Waals surface area contributed by atoms with Crippen LogP contribution in [0.15, 0.2) is 0 Å². The maximum atomic E-state index is 9.47. The van der Waals surface area contributed by atoms with Gasteiger partial charge in [-0.2, -0.15) is 0 Å². The highest BCUT2D eigenvalue weighted by Gasteiger charge is 2.33. The number of hydroxylamine groups is 2. The van der Waals surface area contributed by atoms with Crippen molar-refractivity contribution in [2.75, 3.05) is 26.7 Å². The van der Waals surface area contributed by atoms with E-state index in [-0.39, 0.29) is 6.10 Å². The number of amidine groups is 1. The number of ether oxygens (including phenoxy) is 1. The second-order valence-corrected chi connectivity index (χ2v) is 2.94. The van der Waals surface area contributed by atoms with E-state index in [2.05, 4.69) is 11.5 Å². The van der Waals surface area contributed by atoms with Gasteiger partial charge in [0.25, 0.3) is 0 Å². The van der Waals surface area contributed by atoms with Crippen LogP contribution in [-0.2, 0) is 4.74 Å². The second-order valence-electron chi connectivity index (χ2n) is 2.94. The Bertz CT molecular complexity index is 191. The predicted octanol–water partition coefficient (Wildman–Crippen LogP) is 0.157. The van der Waals surface area contributed by atoms with Gasteiger partial charge < -0.3 is 4.74 Å². The highest BCUT2D eigenvalue weighted by atomic mass is 16.5. The lowest BCUT2D eigenvalue weighted by Gasteiger charge is -2.10. The number of nitrogens with zero attached hydrogens (tertiary/aromatic N) is 2. The molecule has 0 aromatic rings. The zero-order valence-corrected chi connectivity index (χ0v) is 7.95. The van der Waals surface area contributed by atoms with Gasteiger partial charge >= 0.3 is 5.84 Å². The first kappa shape index (κ1) is 9.48. The van der Waals surface area contributed by atoms with Gasteiger partial charge in [0.1, 0.15) is 6.54 Å². The average molecular weight is 173 g/mol. The van der Waals surface area contributed by atoms with Gasteiger partial charge in [0.2, 0.25) is 0 Å². The Labute approximate surface area is 73.0 Å². The molecular weight excluding hydrogens is 156 g/mol. The molecule has 1 heterocycles. The van der Waals surface area contributed by atoms with Crippen LogP contribution in [0, 0.1) is 0 Å². The summed E-state index contributed by atoms with van der Waals surface area (Å²) in [5.41, 5.74) is 0. The lowest BCUT2D eigenvalue weighted by atomic mass is 10.3. The number of hydrogen-bond acceptors (Lipinski definition) is 3. The van der Waals surface area contributed by atoms with Gasteiger partial charge in [-0.15, -0.1) is 5.06 Å². The van der Waals surface area contributed by atoms with Crippen LogP contribution in [0.1, 0.15) is 13.8 Å². The third-order valence-electron chi connectivity index (χ3n) is 2.27. The van der Waals surface area contributed by atoms with E-state index < -0.39 is 0 Å². The molecule has 0 bridgehead atoms. The van der Waals surface area contributed by atoms with Crippen LogP contribution in [0.3, 0.4) is 0 Å². The van der Waals surface area contributed by atoms with Crippen LogP contribution >= 0.6 is 0 Å². The zero-order chi connectivity index (χ0) is 9.14. The van der Waals surface area contributed by atoms with Gasteiger partial charge in [-0.05, 0) is 13.8 Å². The van der Waals surface area contributed by atoms with Crippen LogP contribution in [-0.4, -0.2) is 53.5 Å². The summed E-state index contributed by atoms with van der Waals surface area (Å²) < 4.78 is 7.28. The highest BCUT2D eigenvalue weighted by molar-refractivity contribution is 5.81. The molecule has 1 rings (SSSR count). The largest absolute Gasteiger partial charge is 0.369 e. The van der Waals surface area contributed by atoms with E-state index >= 15 is 0 Å². The van der Waals surface area contributed by atoms with Crippen LogP contribution in [0.4, 0.5) is 0 Å². The molecule has 4 heteroatoms. The van der Waals surface area contributed by atoms with E-state index in [1.807, 2.05) is 6.92 Å². The Morgan fingerprint density at radius 1 is 1.75 bits per heavy atom. The van der Waals surface area contributed by atoms with Crippen molar-refractivity contribution < 1.29 is 14.5 Å². The first-order chi connectivity index (χ1) is 5.70. The molecule has 0 radical (unpaired) electrons. The van der Waals surface area contributed by atoms with Gasteiger partial charge in [-0.25, -0.2) is 5.21 Å². The summed E-state index contributed by atoms with van der Waals surface area (Å²) in [5.74, 6) is 0.875. The van der Waals surface area contributed by atoms with E-state index in [1.165, 1.54) is 5.06 Å². The van der Waals surface area contributed by atoms with E-state index in [1.54, 1.807) is 7.11 Å². The average Bonchev–Trinajstić information content (AvgIpc) is 2.45. The van der Waals surface area contributed by atoms with Crippen LogP contribution < -0.4 is 0 Å². The minimum absolute atomic E-state index is 0.0301. The molecule has 0 aromatic heterocycles. The van der Waals surface area contributed by atoms with Crippen LogP contribution in [0.2, 0.25) is 0 Å². The molecule has 0 aliphatic carbocycles. The van der Waals surface area contributed by atoms with Crippen LogP contribution in [0.25, 0.3) is 0 Å². The lowest BCUT2D eigenvalue weighted by molar-refractivity contribution is -0.517. The minimum atomic E-state index is -0.0301. The summed E-state index contributed by atoms with van der Waals surface area (Å²) in [5, 5.41) is 10.7. The molecule has 1 unspecified atom stereocenters. The van der Waals surface area contributed by atoms with Gasteiger partial charge in [-0.3, -0.25) is 4.58 Å². The maximum absolute atomic E-state index is 9.47. The molecule has 1 N–H and O–H groups in total. The van der Waals surface area contributed by atoms with Crippen molar-refractivity contribution in [3.63, 3.8) is 0 Å². The molecule has 1 atom stereocenters. The molecule has 0 aromatic carbocycles. The van der Waals surface area contributed by atoms with Crippen molar-refractivity contribution in [2.45, 2.75) is 20.0 Å². The Kier molecular flexibility index (Phi) is 3.05. The number of likely N-dealkylation sites (N-methyl/N-ethyl adjacent to an activating group) is 1. The fourth-order valence-corrected chi connectivity index (χ4v) is 1.50. The first-order valence-corrected chi connectivity index (χ1v) is 4.31. The molecule has 0 amide bonds. The van der Waals surface area contributed by atoms with Gasteiger partial charge in [0.05, 0.1) is 6.54 Å². The normalized spacial score (nSPS) is 20.5. The van der Waals surface area contributed by atoms with Crippen LogP contribution in [0.5, 0.6) is 0 Å². The Hall–Kier alpha value is -0.610. The number of rotatable bonds is 3. The van der Waals surface area contributed by atoms with Gasteiger partial charge in [0.15, 0.2) is 12.6 Å². The topological polar surface area (TPSA) is 35.7 Å². The Morgan fingerprint density at radius 2 is 2.42 bits per heavy atom. The van der Waals surface area contributed by atoms with E-state index in [4.69, 9.17) is 4.74 Å². The third kappa shape index (κ3) is 1.59. The quantitative estimate of drug-likeness (QED) is 0.617. The molecule has 4 nitrogen and oxygen atoms in total. The molecular formula is C8H17N2O2+. The third-order valence-corrected chi connectivity index (χ3v) is 2.27. The van der Waals surface area contributed by atoms with Crippen molar-refractivity contribution in [1.82, 2.24) is 5.06 Å². The van der Waals surface area contributed by atoms with Crippen molar-refractivity contribution in [2.24, 2.45) is 0 Å². The molecule has 0 spiro atoms. The van der Waals surface area contributed by atoms with E-state index in [0.29, 0.717) is 6.54 Å². The SMILES string of the molecule is CC[N+]1=C(C(C)OC)N(O)CC1. The Morgan fingerprint density at radius 3 is 2.92 bits per heavy atom. The fraction of sp³-hybridized carbons (Fsp3) is 0.875. The van der Waals surface area contributed by atoms with Crippen molar-refractivity contribution >= 4 is 5.84 Å². The lowest BCUT2D eigenvalue weighted by Crippen LogP contribution is -2.36. The molecule has 1 aliphatic rings. The highest BCUT2D eigenvalue weighted by Crippen LogP contribution is 2.04. The predicted molar refractivity (Wildman–Crippen MR) is 45.6 cm³/mol. The molecule has 70 valence electrons. The maximum Gasteiger partial charge on any atom is 0.306 e. The molecule has 12 heavy (non-hydrogen) atoms. The Balaban J connectivity index is 2.79. The monoisotopic (exact) mass is 173 g/mol. The minimum Gasteiger partial charge on any atom is -0.369 e. The molecule has 0 saturated heterocycles. The fourth-order valence-electron chi connectivity index (χ4n) is 1.50. The summed E-state index contributed by atoms with van der Waals surface area (Å²) >= 11 is 0. The number of methoxy groups -OCH3 is 1. The smallest absolute Gasteiger partial charge is 0.306 e. The van der Waals surface area contributed by atoms with Crippen molar-refractivity contribution in [1.29, 1.82) is 0 Å². The zero-order valence-electron chi connectivity index (χ0n) is 7.95.